The molecule has 0 saturated heterocycles. The molecule has 1 aliphatic rings. The third-order valence-electron chi connectivity index (χ3n) is 2.30. The van der Waals surface area contributed by atoms with Gasteiger partial charge in [0.05, 0.1) is 0 Å². The predicted molar refractivity (Wildman–Crippen MR) is 58.6 cm³/mol. The molecule has 1 atom stereocenters. The fourth-order valence-electron chi connectivity index (χ4n) is 1.60. The maximum Gasteiger partial charge on any atom is 0.0368 e. The summed E-state index contributed by atoms with van der Waals surface area (Å²) in [7, 11) is 0. The SMILES string of the molecule is Brc1ccccc1[C@@H]1CC=CCN1. The number of hydrogen-bond donors (Lipinski definition) is 1. The molecular formula is C11H12BrN. The minimum Gasteiger partial charge on any atom is -0.306 e. The minimum absolute atomic E-state index is 0.473. The van der Waals surface area contributed by atoms with Gasteiger partial charge in [-0.15, -0.1) is 0 Å². The van der Waals surface area contributed by atoms with Crippen LogP contribution < -0.4 is 5.32 Å². The van der Waals surface area contributed by atoms with Gasteiger partial charge < -0.3 is 5.32 Å². The lowest BCUT2D eigenvalue weighted by atomic mass is 10.0. The average molecular weight is 238 g/mol. The number of nitrogens with one attached hydrogen (secondary N) is 1. The molecule has 0 radical (unpaired) electrons. The summed E-state index contributed by atoms with van der Waals surface area (Å²) in [5, 5.41) is 3.46. The highest BCUT2D eigenvalue weighted by Gasteiger charge is 2.13. The van der Waals surface area contributed by atoms with Crippen LogP contribution in [0.3, 0.4) is 0 Å². The van der Waals surface area contributed by atoms with Crippen molar-refractivity contribution in [3.63, 3.8) is 0 Å². The van der Waals surface area contributed by atoms with E-state index < -0.39 is 0 Å². The van der Waals surface area contributed by atoms with Crippen LogP contribution in [0.5, 0.6) is 0 Å². The summed E-state index contributed by atoms with van der Waals surface area (Å²) < 4.78 is 1.20. The zero-order chi connectivity index (χ0) is 9.10. The van der Waals surface area contributed by atoms with Crippen molar-refractivity contribution in [1.82, 2.24) is 5.32 Å². The Morgan fingerprint density at radius 2 is 2.08 bits per heavy atom. The van der Waals surface area contributed by atoms with E-state index in [1.54, 1.807) is 0 Å². The van der Waals surface area contributed by atoms with Crippen LogP contribution in [0, 0.1) is 0 Å². The molecule has 0 unspecified atom stereocenters. The lowest BCUT2D eigenvalue weighted by molar-refractivity contribution is 0.553. The van der Waals surface area contributed by atoms with Crippen molar-refractivity contribution < 1.29 is 0 Å². The lowest BCUT2D eigenvalue weighted by Crippen LogP contribution is -2.24. The Bertz CT molecular complexity index is 320. The van der Waals surface area contributed by atoms with Crippen molar-refractivity contribution in [1.29, 1.82) is 0 Å². The highest BCUT2D eigenvalue weighted by molar-refractivity contribution is 9.10. The Labute approximate surface area is 87.0 Å². The molecule has 68 valence electrons. The van der Waals surface area contributed by atoms with Gasteiger partial charge in [0, 0.05) is 17.1 Å². The van der Waals surface area contributed by atoms with Crippen LogP contribution in [-0.4, -0.2) is 6.54 Å². The van der Waals surface area contributed by atoms with E-state index in [0.29, 0.717) is 6.04 Å². The van der Waals surface area contributed by atoms with Gasteiger partial charge in [0.2, 0.25) is 0 Å². The molecule has 1 heterocycles. The molecule has 1 aromatic rings. The predicted octanol–water partition coefficient (Wildman–Crippen LogP) is 3.04. The Morgan fingerprint density at radius 1 is 1.23 bits per heavy atom. The van der Waals surface area contributed by atoms with Crippen LogP contribution in [0.4, 0.5) is 0 Å². The molecule has 1 aromatic carbocycles. The van der Waals surface area contributed by atoms with E-state index in [-0.39, 0.29) is 0 Å². The first-order valence-corrected chi connectivity index (χ1v) is 5.30. The van der Waals surface area contributed by atoms with Crippen LogP contribution in [0.25, 0.3) is 0 Å². The molecule has 0 amide bonds. The van der Waals surface area contributed by atoms with Crippen LogP contribution in [-0.2, 0) is 0 Å². The Balaban J connectivity index is 2.24. The average Bonchev–Trinajstić information content (AvgIpc) is 2.20. The molecule has 2 rings (SSSR count). The number of hydrogen-bond acceptors (Lipinski definition) is 1. The fraction of sp³-hybridized carbons (Fsp3) is 0.273. The Hall–Kier alpha value is -0.600. The summed E-state index contributed by atoms with van der Waals surface area (Å²) >= 11 is 3.57. The first kappa shape index (κ1) is 8.97. The maximum atomic E-state index is 3.57. The summed E-state index contributed by atoms with van der Waals surface area (Å²) in [6, 6.07) is 8.86. The molecule has 0 spiro atoms. The van der Waals surface area contributed by atoms with Gasteiger partial charge in [-0.3, -0.25) is 0 Å². The molecule has 0 aromatic heterocycles. The van der Waals surface area contributed by atoms with Crippen LogP contribution >= 0.6 is 15.9 Å². The van der Waals surface area contributed by atoms with E-state index >= 15 is 0 Å². The van der Waals surface area contributed by atoms with E-state index in [4.69, 9.17) is 0 Å². The van der Waals surface area contributed by atoms with E-state index in [9.17, 15) is 0 Å². The van der Waals surface area contributed by atoms with E-state index in [1.807, 2.05) is 6.07 Å². The summed E-state index contributed by atoms with van der Waals surface area (Å²) in [6.45, 7) is 0.978. The quantitative estimate of drug-likeness (QED) is 0.741. The van der Waals surface area contributed by atoms with Gasteiger partial charge in [-0.1, -0.05) is 46.3 Å². The lowest BCUT2D eigenvalue weighted by Gasteiger charge is -2.21. The van der Waals surface area contributed by atoms with E-state index in [0.717, 1.165) is 13.0 Å². The molecule has 0 bridgehead atoms. The summed E-state index contributed by atoms with van der Waals surface area (Å²) in [5.74, 6) is 0. The summed E-state index contributed by atoms with van der Waals surface area (Å²) in [6.07, 6.45) is 5.50. The van der Waals surface area contributed by atoms with Gasteiger partial charge in [0.25, 0.3) is 0 Å². The van der Waals surface area contributed by atoms with E-state index in [2.05, 4.69) is 51.6 Å². The summed E-state index contributed by atoms with van der Waals surface area (Å²) in [4.78, 5) is 0. The number of benzene rings is 1. The first-order chi connectivity index (χ1) is 6.38. The molecule has 0 aliphatic carbocycles. The standard InChI is InChI=1S/C11H12BrN/c12-10-6-2-1-5-9(10)11-7-3-4-8-13-11/h1-6,11,13H,7-8H2/t11-/m0/s1. The van der Waals surface area contributed by atoms with Gasteiger partial charge in [0.1, 0.15) is 0 Å². The largest absolute Gasteiger partial charge is 0.306 e. The van der Waals surface area contributed by atoms with Crippen molar-refractivity contribution in [2.75, 3.05) is 6.54 Å². The Morgan fingerprint density at radius 3 is 2.77 bits per heavy atom. The normalized spacial score (nSPS) is 21.8. The topological polar surface area (TPSA) is 12.0 Å². The third-order valence-corrected chi connectivity index (χ3v) is 3.02. The maximum absolute atomic E-state index is 3.57. The highest BCUT2D eigenvalue weighted by atomic mass is 79.9. The number of halogens is 1. The molecule has 1 nitrogen and oxygen atoms in total. The molecule has 0 fully saturated rings. The fourth-order valence-corrected chi connectivity index (χ4v) is 2.17. The number of rotatable bonds is 1. The van der Waals surface area contributed by atoms with Gasteiger partial charge >= 0.3 is 0 Å². The second-order valence-electron chi connectivity index (χ2n) is 3.19. The molecule has 2 heteroatoms. The van der Waals surface area contributed by atoms with Gasteiger partial charge in [-0.2, -0.15) is 0 Å². The molecule has 0 saturated carbocycles. The van der Waals surface area contributed by atoms with Crippen molar-refractivity contribution in [2.24, 2.45) is 0 Å². The molecular weight excluding hydrogens is 226 g/mol. The van der Waals surface area contributed by atoms with Crippen LogP contribution in [0.2, 0.25) is 0 Å². The summed E-state index contributed by atoms with van der Waals surface area (Å²) in [5.41, 5.74) is 1.35. The molecule has 1 aliphatic heterocycles. The molecule has 13 heavy (non-hydrogen) atoms. The third kappa shape index (κ3) is 2.01. The van der Waals surface area contributed by atoms with Crippen molar-refractivity contribution in [3.8, 4) is 0 Å². The highest BCUT2D eigenvalue weighted by Crippen LogP contribution is 2.26. The van der Waals surface area contributed by atoms with Gasteiger partial charge in [-0.25, -0.2) is 0 Å². The monoisotopic (exact) mass is 237 g/mol. The van der Waals surface area contributed by atoms with Crippen molar-refractivity contribution in [3.05, 3.63) is 46.5 Å². The Kier molecular flexibility index (Phi) is 2.81. The second kappa shape index (κ2) is 4.07. The molecule has 1 N–H and O–H groups in total. The smallest absolute Gasteiger partial charge is 0.0368 e. The zero-order valence-electron chi connectivity index (χ0n) is 7.33. The minimum atomic E-state index is 0.473. The van der Waals surface area contributed by atoms with Crippen LogP contribution in [0.15, 0.2) is 40.9 Å². The van der Waals surface area contributed by atoms with Gasteiger partial charge in [-0.05, 0) is 18.1 Å². The van der Waals surface area contributed by atoms with Gasteiger partial charge in [0.15, 0.2) is 0 Å². The van der Waals surface area contributed by atoms with Crippen molar-refractivity contribution >= 4 is 15.9 Å². The second-order valence-corrected chi connectivity index (χ2v) is 4.04. The van der Waals surface area contributed by atoms with Crippen molar-refractivity contribution in [2.45, 2.75) is 12.5 Å². The first-order valence-electron chi connectivity index (χ1n) is 4.51. The van der Waals surface area contributed by atoms with Crippen LogP contribution in [0.1, 0.15) is 18.0 Å². The zero-order valence-corrected chi connectivity index (χ0v) is 8.92. The van der Waals surface area contributed by atoms with E-state index in [1.165, 1.54) is 10.0 Å².